The molecular weight excluding hydrogens is 322 g/mol. The molecule has 0 unspecified atom stereocenters. The summed E-state index contributed by atoms with van der Waals surface area (Å²) in [6.07, 6.45) is 14.0. The van der Waals surface area contributed by atoms with Crippen LogP contribution in [0.2, 0.25) is 0 Å². The maximum absolute atomic E-state index is 3.67. The minimum Gasteiger partial charge on any atom is -0.238 e. The Kier molecular flexibility index (Phi) is 11.9. The van der Waals surface area contributed by atoms with Crippen molar-refractivity contribution in [3.05, 3.63) is 35.9 Å². The number of rotatable bonds is 13. The molecule has 0 heterocycles. The number of nitrogens with zero attached hydrogens (tertiary/aromatic N) is 1. The SMILES string of the molecule is CCCCCCCCCCCCN(Br)Cc1ccccc1. The Morgan fingerprint density at radius 1 is 0.762 bits per heavy atom. The first-order valence-electron chi connectivity index (χ1n) is 8.77. The van der Waals surface area contributed by atoms with Crippen molar-refractivity contribution < 1.29 is 0 Å². The van der Waals surface area contributed by atoms with Crippen LogP contribution in [0.25, 0.3) is 0 Å². The number of hydrogen-bond acceptors (Lipinski definition) is 1. The predicted molar refractivity (Wildman–Crippen MR) is 97.6 cm³/mol. The molecule has 0 aromatic heterocycles. The van der Waals surface area contributed by atoms with Crippen LogP contribution < -0.4 is 0 Å². The fraction of sp³-hybridized carbons (Fsp3) is 0.684. The molecule has 0 radical (unpaired) electrons. The Morgan fingerprint density at radius 3 is 1.86 bits per heavy atom. The third-order valence-electron chi connectivity index (χ3n) is 3.95. The number of hydrogen-bond donors (Lipinski definition) is 0. The molecule has 0 atom stereocenters. The van der Waals surface area contributed by atoms with Crippen LogP contribution in [-0.4, -0.2) is 10.5 Å². The standard InChI is InChI=1S/C19H32BrN/c1-2-3-4-5-6-7-8-9-10-14-17-21(20)18-19-15-12-11-13-16-19/h11-13,15-16H,2-10,14,17-18H2,1H3. The summed E-state index contributed by atoms with van der Waals surface area (Å²) in [7, 11) is 0. The second kappa shape index (κ2) is 13.3. The molecule has 0 spiro atoms. The first-order chi connectivity index (χ1) is 10.3. The molecule has 21 heavy (non-hydrogen) atoms. The Labute approximate surface area is 140 Å². The average Bonchev–Trinajstić information content (AvgIpc) is 2.50. The molecule has 2 heteroatoms. The van der Waals surface area contributed by atoms with Crippen LogP contribution in [0.4, 0.5) is 0 Å². The van der Waals surface area contributed by atoms with Crippen molar-refractivity contribution in [2.45, 2.75) is 77.7 Å². The van der Waals surface area contributed by atoms with Gasteiger partial charge in [-0.3, -0.25) is 0 Å². The second-order valence-corrected chi connectivity index (χ2v) is 7.02. The first-order valence-corrected chi connectivity index (χ1v) is 9.48. The van der Waals surface area contributed by atoms with Crippen LogP contribution in [0.15, 0.2) is 30.3 Å². The van der Waals surface area contributed by atoms with Gasteiger partial charge in [0, 0.05) is 29.2 Å². The highest BCUT2D eigenvalue weighted by Crippen LogP contribution is 2.13. The first kappa shape index (κ1) is 18.7. The number of benzene rings is 1. The Morgan fingerprint density at radius 2 is 1.29 bits per heavy atom. The largest absolute Gasteiger partial charge is 0.238 e. The average molecular weight is 354 g/mol. The normalized spacial score (nSPS) is 11.2. The molecule has 1 rings (SSSR count). The summed E-state index contributed by atoms with van der Waals surface area (Å²) in [5.41, 5.74) is 1.38. The molecule has 0 aliphatic carbocycles. The van der Waals surface area contributed by atoms with Crippen LogP contribution in [0.1, 0.15) is 76.7 Å². The molecule has 0 aliphatic rings. The molecular formula is C19H32BrN. The quantitative estimate of drug-likeness (QED) is 0.281. The van der Waals surface area contributed by atoms with Gasteiger partial charge in [-0.1, -0.05) is 95.0 Å². The van der Waals surface area contributed by atoms with Gasteiger partial charge in [-0.15, -0.1) is 0 Å². The summed E-state index contributed by atoms with van der Waals surface area (Å²) < 4.78 is 2.26. The number of unbranched alkanes of at least 4 members (excludes halogenated alkanes) is 9. The molecule has 120 valence electrons. The van der Waals surface area contributed by atoms with Crippen molar-refractivity contribution in [1.29, 1.82) is 0 Å². The minimum absolute atomic E-state index is 0.998. The third-order valence-corrected chi connectivity index (χ3v) is 4.56. The molecule has 1 nitrogen and oxygen atoms in total. The maximum atomic E-state index is 3.67. The summed E-state index contributed by atoms with van der Waals surface area (Å²) in [5, 5.41) is 0. The lowest BCUT2D eigenvalue weighted by atomic mass is 10.1. The lowest BCUT2D eigenvalue weighted by Gasteiger charge is -2.14. The molecule has 0 fully saturated rings. The topological polar surface area (TPSA) is 3.24 Å². The van der Waals surface area contributed by atoms with Gasteiger partial charge in [0.25, 0.3) is 0 Å². The van der Waals surface area contributed by atoms with Crippen LogP contribution in [0.3, 0.4) is 0 Å². The van der Waals surface area contributed by atoms with E-state index < -0.39 is 0 Å². The maximum Gasteiger partial charge on any atom is 0.0343 e. The van der Waals surface area contributed by atoms with E-state index in [4.69, 9.17) is 0 Å². The van der Waals surface area contributed by atoms with E-state index in [1.165, 1.54) is 69.8 Å². The molecule has 1 aromatic carbocycles. The van der Waals surface area contributed by atoms with E-state index in [1.54, 1.807) is 0 Å². The molecule has 0 saturated carbocycles. The van der Waals surface area contributed by atoms with Crippen LogP contribution in [0, 0.1) is 0 Å². The van der Waals surface area contributed by atoms with Gasteiger partial charge in [-0.05, 0) is 12.0 Å². The summed E-state index contributed by atoms with van der Waals surface area (Å²) in [6.45, 7) is 4.43. The van der Waals surface area contributed by atoms with Gasteiger partial charge in [0.1, 0.15) is 0 Å². The lowest BCUT2D eigenvalue weighted by Crippen LogP contribution is -2.12. The molecule has 0 amide bonds. The molecule has 0 aliphatic heterocycles. The second-order valence-electron chi connectivity index (χ2n) is 6.01. The van der Waals surface area contributed by atoms with Gasteiger partial charge in [-0.25, -0.2) is 3.93 Å². The molecule has 0 N–H and O–H groups in total. The number of halogens is 1. The zero-order chi connectivity index (χ0) is 15.2. The van der Waals surface area contributed by atoms with Crippen molar-refractivity contribution in [3.8, 4) is 0 Å². The van der Waals surface area contributed by atoms with E-state index in [0.29, 0.717) is 0 Å². The highest BCUT2D eigenvalue weighted by atomic mass is 79.9. The minimum atomic E-state index is 0.998. The van der Waals surface area contributed by atoms with E-state index in [9.17, 15) is 0 Å². The fourth-order valence-corrected chi connectivity index (χ4v) is 3.17. The predicted octanol–water partition coefficient (Wildman–Crippen LogP) is 6.72. The molecule has 1 aromatic rings. The van der Waals surface area contributed by atoms with E-state index in [0.717, 1.165) is 13.1 Å². The van der Waals surface area contributed by atoms with Gasteiger partial charge in [0.2, 0.25) is 0 Å². The summed E-state index contributed by atoms with van der Waals surface area (Å²) in [6, 6.07) is 10.7. The van der Waals surface area contributed by atoms with Crippen molar-refractivity contribution in [3.63, 3.8) is 0 Å². The highest BCUT2D eigenvalue weighted by molar-refractivity contribution is 9.07. The van der Waals surface area contributed by atoms with Crippen molar-refractivity contribution in [2.24, 2.45) is 0 Å². The van der Waals surface area contributed by atoms with Crippen LogP contribution in [-0.2, 0) is 6.54 Å². The summed E-state index contributed by atoms with van der Waals surface area (Å²) >= 11 is 3.67. The van der Waals surface area contributed by atoms with Crippen molar-refractivity contribution >= 4 is 16.1 Å². The van der Waals surface area contributed by atoms with Gasteiger partial charge >= 0.3 is 0 Å². The van der Waals surface area contributed by atoms with Gasteiger partial charge < -0.3 is 0 Å². The van der Waals surface area contributed by atoms with Gasteiger partial charge in [0.05, 0.1) is 0 Å². The molecule has 0 bridgehead atoms. The van der Waals surface area contributed by atoms with E-state index in [2.05, 4.69) is 57.3 Å². The Hall–Kier alpha value is -0.340. The lowest BCUT2D eigenvalue weighted by molar-refractivity contribution is 0.451. The van der Waals surface area contributed by atoms with Gasteiger partial charge in [-0.2, -0.15) is 0 Å². The smallest absolute Gasteiger partial charge is 0.0343 e. The molecule has 0 saturated heterocycles. The Bertz CT molecular complexity index is 326. The van der Waals surface area contributed by atoms with Gasteiger partial charge in [0.15, 0.2) is 0 Å². The van der Waals surface area contributed by atoms with E-state index in [1.807, 2.05) is 0 Å². The summed E-state index contributed by atoms with van der Waals surface area (Å²) in [5.74, 6) is 0. The van der Waals surface area contributed by atoms with E-state index in [-0.39, 0.29) is 0 Å². The monoisotopic (exact) mass is 353 g/mol. The van der Waals surface area contributed by atoms with Crippen molar-refractivity contribution in [2.75, 3.05) is 6.54 Å². The third kappa shape index (κ3) is 11.0. The van der Waals surface area contributed by atoms with Crippen molar-refractivity contribution in [1.82, 2.24) is 3.93 Å². The fourth-order valence-electron chi connectivity index (χ4n) is 2.63. The summed E-state index contributed by atoms with van der Waals surface area (Å²) in [4.78, 5) is 0. The zero-order valence-electron chi connectivity index (χ0n) is 13.7. The van der Waals surface area contributed by atoms with E-state index >= 15 is 0 Å². The zero-order valence-corrected chi connectivity index (χ0v) is 15.3. The van der Waals surface area contributed by atoms with Crippen LogP contribution in [0.5, 0.6) is 0 Å². The Balaban J connectivity index is 1.87. The van der Waals surface area contributed by atoms with Crippen LogP contribution >= 0.6 is 16.1 Å². The highest BCUT2D eigenvalue weighted by Gasteiger charge is 2.01.